The second kappa shape index (κ2) is 8.48. The molecule has 0 bridgehead atoms. The largest absolute Gasteiger partial charge is 0.368 e. The normalized spacial score (nSPS) is 23.0. The highest BCUT2D eigenvalue weighted by Crippen LogP contribution is 2.37. The summed E-state index contributed by atoms with van der Waals surface area (Å²) in [4.78, 5) is 11.2. The molecule has 3 N–H and O–H groups in total. The molecule has 3 atom stereocenters. The monoisotopic (exact) mass is 356 g/mol. The molecule has 2 aliphatic rings. The van der Waals surface area contributed by atoms with Crippen molar-refractivity contribution in [1.29, 1.82) is 0 Å². The zero-order valence-corrected chi connectivity index (χ0v) is 15.1. The van der Waals surface area contributed by atoms with Gasteiger partial charge in [-0.15, -0.1) is 0 Å². The predicted octanol–water partition coefficient (Wildman–Crippen LogP) is 2.68. The minimum Gasteiger partial charge on any atom is -0.368 e. The van der Waals surface area contributed by atoms with Gasteiger partial charge in [-0.05, 0) is 43.9 Å². The summed E-state index contributed by atoms with van der Waals surface area (Å²) in [5.41, 5.74) is 8.53. The molecule has 0 aromatic heterocycles. The number of ether oxygens (including phenoxy) is 1. The summed E-state index contributed by atoms with van der Waals surface area (Å²) >= 11 is 0. The van der Waals surface area contributed by atoms with Crippen LogP contribution < -0.4 is 11.1 Å². The number of fused-ring (bicyclic) bond motifs is 1. The van der Waals surface area contributed by atoms with E-state index >= 15 is 0 Å². The summed E-state index contributed by atoms with van der Waals surface area (Å²) in [5.74, 6) is 6.11. The summed E-state index contributed by atoms with van der Waals surface area (Å²) in [6.07, 6.45) is 4.21. The molecular formula is C21H25FN2O2. The van der Waals surface area contributed by atoms with Gasteiger partial charge in [0.2, 0.25) is 5.91 Å². The van der Waals surface area contributed by atoms with Gasteiger partial charge >= 0.3 is 0 Å². The third-order valence-electron chi connectivity index (χ3n) is 5.11. The van der Waals surface area contributed by atoms with Crippen molar-refractivity contribution in [3.05, 3.63) is 46.8 Å². The Bertz CT molecular complexity index is 763. The van der Waals surface area contributed by atoms with E-state index in [0.717, 1.165) is 36.8 Å². The van der Waals surface area contributed by atoms with Crippen LogP contribution in [0.1, 0.15) is 38.2 Å². The predicted molar refractivity (Wildman–Crippen MR) is 98.4 cm³/mol. The first-order chi connectivity index (χ1) is 12.5. The topological polar surface area (TPSA) is 64.3 Å². The molecule has 0 radical (unpaired) electrons. The van der Waals surface area contributed by atoms with Crippen molar-refractivity contribution in [2.75, 3.05) is 6.54 Å². The number of hydrogen-bond acceptors (Lipinski definition) is 3. The lowest BCUT2D eigenvalue weighted by atomic mass is 9.76. The Morgan fingerprint density at radius 1 is 1.46 bits per heavy atom. The molecular weight excluding hydrogens is 331 g/mol. The lowest BCUT2D eigenvalue weighted by Crippen LogP contribution is -2.40. The van der Waals surface area contributed by atoms with E-state index in [2.05, 4.69) is 17.2 Å². The lowest BCUT2D eigenvalue weighted by molar-refractivity contribution is -0.119. The highest BCUT2D eigenvalue weighted by Gasteiger charge is 2.31. The average molecular weight is 356 g/mol. The SMILES string of the molecule is C[C@H](NCC1=C2CCCCC2C(OCc2cccc(F)c2)C#C1)C(N)=O. The number of benzene rings is 1. The molecule has 26 heavy (non-hydrogen) atoms. The van der Waals surface area contributed by atoms with Crippen LogP contribution >= 0.6 is 0 Å². The van der Waals surface area contributed by atoms with Crippen LogP contribution in [0.4, 0.5) is 4.39 Å². The maximum absolute atomic E-state index is 13.3. The molecule has 0 saturated heterocycles. The number of hydrogen-bond donors (Lipinski definition) is 2. The van der Waals surface area contributed by atoms with Crippen LogP contribution in [0.25, 0.3) is 0 Å². The molecule has 1 aromatic carbocycles. The fourth-order valence-electron chi connectivity index (χ4n) is 3.57. The number of primary amides is 1. The number of amides is 1. The molecule has 1 amide bonds. The van der Waals surface area contributed by atoms with Crippen molar-refractivity contribution in [1.82, 2.24) is 5.32 Å². The molecule has 1 saturated carbocycles. The van der Waals surface area contributed by atoms with Crippen LogP contribution in [-0.2, 0) is 16.1 Å². The highest BCUT2D eigenvalue weighted by atomic mass is 19.1. The van der Waals surface area contributed by atoms with Gasteiger partial charge in [0.1, 0.15) is 11.9 Å². The first-order valence-electron chi connectivity index (χ1n) is 9.17. The van der Waals surface area contributed by atoms with E-state index in [0.29, 0.717) is 13.2 Å². The quantitative estimate of drug-likeness (QED) is 0.739. The molecule has 138 valence electrons. The lowest BCUT2D eigenvalue weighted by Gasteiger charge is -2.33. The number of carbonyl (C=O) groups is 1. The number of nitrogens with two attached hydrogens (primary N) is 1. The van der Waals surface area contributed by atoms with E-state index < -0.39 is 0 Å². The van der Waals surface area contributed by atoms with Gasteiger partial charge in [-0.3, -0.25) is 4.79 Å². The molecule has 2 aliphatic carbocycles. The van der Waals surface area contributed by atoms with Crippen LogP contribution in [0.3, 0.4) is 0 Å². The van der Waals surface area contributed by atoms with Gasteiger partial charge in [0.25, 0.3) is 0 Å². The van der Waals surface area contributed by atoms with Crippen molar-refractivity contribution in [2.45, 2.75) is 51.4 Å². The summed E-state index contributed by atoms with van der Waals surface area (Å²) in [6, 6.07) is 6.09. The van der Waals surface area contributed by atoms with Gasteiger partial charge in [-0.25, -0.2) is 4.39 Å². The van der Waals surface area contributed by atoms with Crippen LogP contribution in [0.5, 0.6) is 0 Å². The number of halogens is 1. The molecule has 0 spiro atoms. The number of nitrogens with one attached hydrogen (secondary N) is 1. The van der Waals surface area contributed by atoms with Gasteiger partial charge in [0.05, 0.1) is 12.6 Å². The number of carbonyl (C=O) groups excluding carboxylic acids is 1. The third-order valence-corrected chi connectivity index (χ3v) is 5.11. The van der Waals surface area contributed by atoms with Gasteiger partial charge in [0.15, 0.2) is 0 Å². The highest BCUT2D eigenvalue weighted by molar-refractivity contribution is 5.79. The summed E-state index contributed by atoms with van der Waals surface area (Å²) in [7, 11) is 0. The number of rotatable bonds is 7. The fraction of sp³-hybridized carbons (Fsp3) is 0.476. The van der Waals surface area contributed by atoms with Crippen molar-refractivity contribution in [3.63, 3.8) is 0 Å². The molecule has 0 heterocycles. The van der Waals surface area contributed by atoms with Gasteiger partial charge in [-0.2, -0.15) is 0 Å². The molecule has 1 fully saturated rings. The zero-order chi connectivity index (χ0) is 18.5. The average Bonchev–Trinajstić information content (AvgIpc) is 2.64. The second-order valence-corrected chi connectivity index (χ2v) is 6.99. The first kappa shape index (κ1) is 18.6. The molecule has 2 unspecified atom stereocenters. The Morgan fingerprint density at radius 3 is 3.08 bits per heavy atom. The Hall–Kier alpha value is -2.16. The molecule has 4 nitrogen and oxygen atoms in total. The second-order valence-electron chi connectivity index (χ2n) is 6.99. The smallest absolute Gasteiger partial charge is 0.234 e. The first-order valence-corrected chi connectivity index (χ1v) is 9.17. The van der Waals surface area contributed by atoms with Crippen molar-refractivity contribution in [3.8, 4) is 11.8 Å². The van der Waals surface area contributed by atoms with Crippen molar-refractivity contribution < 1.29 is 13.9 Å². The summed E-state index contributed by atoms with van der Waals surface area (Å²) in [6.45, 7) is 2.67. The van der Waals surface area contributed by atoms with E-state index in [1.165, 1.54) is 17.7 Å². The third kappa shape index (κ3) is 4.51. The molecule has 3 rings (SSSR count). The molecule has 0 aliphatic heterocycles. The Kier molecular flexibility index (Phi) is 6.08. The van der Waals surface area contributed by atoms with Crippen molar-refractivity contribution >= 4 is 5.91 Å². The fourth-order valence-corrected chi connectivity index (χ4v) is 3.57. The zero-order valence-electron chi connectivity index (χ0n) is 15.1. The molecule has 5 heteroatoms. The van der Waals surface area contributed by atoms with Crippen LogP contribution in [0.15, 0.2) is 35.4 Å². The minimum absolute atomic E-state index is 0.161. The Labute approximate surface area is 154 Å². The maximum Gasteiger partial charge on any atom is 0.234 e. The van der Waals surface area contributed by atoms with E-state index in [1.807, 2.05) is 6.07 Å². The minimum atomic E-state index is -0.381. The summed E-state index contributed by atoms with van der Waals surface area (Å²) in [5, 5.41) is 3.15. The van der Waals surface area contributed by atoms with E-state index in [1.54, 1.807) is 13.0 Å². The van der Waals surface area contributed by atoms with E-state index in [9.17, 15) is 9.18 Å². The Balaban J connectivity index is 1.67. The molecule has 1 aromatic rings. The van der Waals surface area contributed by atoms with Gasteiger partial charge < -0.3 is 15.8 Å². The Morgan fingerprint density at radius 2 is 2.31 bits per heavy atom. The maximum atomic E-state index is 13.3. The van der Waals surface area contributed by atoms with E-state index in [4.69, 9.17) is 10.5 Å². The van der Waals surface area contributed by atoms with Gasteiger partial charge in [0, 0.05) is 18.0 Å². The van der Waals surface area contributed by atoms with E-state index in [-0.39, 0.29) is 29.8 Å². The standard InChI is InChI=1S/C21H25FN2O2/c1-14(21(23)25)24-12-16-9-10-20(19-8-3-2-7-18(16)19)26-13-15-5-4-6-17(22)11-15/h4-6,11,14,19-20,24H,2-3,7-8,12-13H2,1H3,(H2,23,25)/t14-,19?,20?/m0/s1. The van der Waals surface area contributed by atoms with Crippen LogP contribution in [0.2, 0.25) is 0 Å². The van der Waals surface area contributed by atoms with Crippen molar-refractivity contribution in [2.24, 2.45) is 11.7 Å². The van der Waals surface area contributed by atoms with Gasteiger partial charge in [-0.1, -0.05) is 36.0 Å². The van der Waals surface area contributed by atoms with Crippen LogP contribution in [-0.4, -0.2) is 24.6 Å². The van der Waals surface area contributed by atoms with Crippen LogP contribution in [0, 0.1) is 23.6 Å². The summed E-state index contributed by atoms with van der Waals surface area (Å²) < 4.78 is 19.4.